The molecule has 1 fully saturated rings. The van der Waals surface area contributed by atoms with Crippen LogP contribution in [0.25, 0.3) is 0 Å². The number of hydrogen-bond acceptors (Lipinski definition) is 2. The zero-order valence-corrected chi connectivity index (χ0v) is 13.3. The minimum atomic E-state index is -0.628. The fourth-order valence-corrected chi connectivity index (χ4v) is 2.84. The van der Waals surface area contributed by atoms with Crippen molar-refractivity contribution in [1.82, 2.24) is 9.47 Å². The van der Waals surface area contributed by atoms with E-state index >= 15 is 0 Å². The number of hydrogen-bond donors (Lipinski definition) is 1. The standard InChI is InChI=1S/C14H21BrN2O2/c1-10(2)17-9-11(15)8-12(17)13(18)16-6-4-14(3,19)5-7-16/h8-10,19H,4-7H2,1-3H3. The average Bonchev–Trinajstić information content (AvgIpc) is 2.70. The maximum atomic E-state index is 12.6. The van der Waals surface area contributed by atoms with E-state index in [1.54, 1.807) is 0 Å². The Kier molecular flexibility index (Phi) is 4.06. The van der Waals surface area contributed by atoms with Crippen molar-refractivity contribution in [3.8, 4) is 0 Å². The Morgan fingerprint density at radius 3 is 2.53 bits per heavy atom. The number of rotatable bonds is 2. The molecule has 106 valence electrons. The molecule has 0 aromatic carbocycles. The van der Waals surface area contributed by atoms with Crippen molar-refractivity contribution in [3.63, 3.8) is 0 Å². The van der Waals surface area contributed by atoms with Crippen molar-refractivity contribution in [1.29, 1.82) is 0 Å². The van der Waals surface area contributed by atoms with Crippen molar-refractivity contribution in [2.24, 2.45) is 0 Å². The van der Waals surface area contributed by atoms with Gasteiger partial charge in [-0.05, 0) is 55.6 Å². The Labute approximate surface area is 122 Å². The first kappa shape index (κ1) is 14.6. The topological polar surface area (TPSA) is 45.5 Å². The molecule has 19 heavy (non-hydrogen) atoms. The van der Waals surface area contributed by atoms with Gasteiger partial charge in [0.2, 0.25) is 0 Å². The molecule has 0 spiro atoms. The molecule has 0 bridgehead atoms. The third-order valence-electron chi connectivity index (χ3n) is 3.72. The molecular formula is C14H21BrN2O2. The van der Waals surface area contributed by atoms with Gasteiger partial charge in [0.05, 0.1) is 5.60 Å². The quantitative estimate of drug-likeness (QED) is 0.907. The lowest BCUT2D eigenvalue weighted by atomic mass is 9.94. The molecule has 1 aromatic heterocycles. The van der Waals surface area contributed by atoms with Crippen LogP contribution in [-0.2, 0) is 0 Å². The fraction of sp³-hybridized carbons (Fsp3) is 0.643. The van der Waals surface area contributed by atoms with Crippen LogP contribution in [0.3, 0.4) is 0 Å². The molecule has 2 rings (SSSR count). The van der Waals surface area contributed by atoms with Crippen LogP contribution in [0.2, 0.25) is 0 Å². The highest BCUT2D eigenvalue weighted by molar-refractivity contribution is 9.10. The summed E-state index contributed by atoms with van der Waals surface area (Å²) in [5, 5.41) is 9.94. The number of likely N-dealkylation sites (tertiary alicyclic amines) is 1. The van der Waals surface area contributed by atoms with Gasteiger partial charge in [0.15, 0.2) is 0 Å². The third-order valence-corrected chi connectivity index (χ3v) is 4.15. The summed E-state index contributed by atoms with van der Waals surface area (Å²) in [7, 11) is 0. The van der Waals surface area contributed by atoms with E-state index in [0.717, 1.165) is 4.47 Å². The second-order valence-corrected chi connectivity index (χ2v) is 6.75. The van der Waals surface area contributed by atoms with E-state index < -0.39 is 5.60 Å². The highest BCUT2D eigenvalue weighted by Crippen LogP contribution is 2.25. The van der Waals surface area contributed by atoms with E-state index in [1.807, 2.05) is 28.7 Å². The summed E-state index contributed by atoms with van der Waals surface area (Å²) in [5.41, 5.74) is 0.0839. The lowest BCUT2D eigenvalue weighted by Gasteiger charge is -2.36. The number of carbonyl (C=O) groups is 1. The first-order valence-corrected chi connectivity index (χ1v) is 7.48. The molecule has 4 nitrogen and oxygen atoms in total. The molecule has 0 unspecified atom stereocenters. The van der Waals surface area contributed by atoms with Gasteiger partial charge in [-0.2, -0.15) is 0 Å². The summed E-state index contributed by atoms with van der Waals surface area (Å²) in [6, 6.07) is 2.12. The van der Waals surface area contributed by atoms with Gasteiger partial charge in [-0.1, -0.05) is 0 Å². The van der Waals surface area contributed by atoms with Gasteiger partial charge < -0.3 is 14.6 Å². The van der Waals surface area contributed by atoms with Crippen LogP contribution in [0.1, 0.15) is 50.1 Å². The zero-order valence-electron chi connectivity index (χ0n) is 11.7. The van der Waals surface area contributed by atoms with Gasteiger partial charge in [-0.3, -0.25) is 4.79 Å². The summed E-state index contributed by atoms with van der Waals surface area (Å²) in [4.78, 5) is 14.4. The molecule has 0 radical (unpaired) electrons. The number of amides is 1. The minimum Gasteiger partial charge on any atom is -0.390 e. The number of aromatic nitrogens is 1. The Hall–Kier alpha value is -0.810. The van der Waals surface area contributed by atoms with Crippen LogP contribution in [0.5, 0.6) is 0 Å². The first-order valence-electron chi connectivity index (χ1n) is 6.69. The molecular weight excluding hydrogens is 308 g/mol. The predicted molar refractivity (Wildman–Crippen MR) is 78.3 cm³/mol. The smallest absolute Gasteiger partial charge is 0.270 e. The molecule has 1 aliphatic rings. The number of halogens is 1. The molecule has 0 saturated carbocycles. The maximum absolute atomic E-state index is 12.6. The minimum absolute atomic E-state index is 0.0508. The highest BCUT2D eigenvalue weighted by atomic mass is 79.9. The fourth-order valence-electron chi connectivity index (χ4n) is 2.40. The van der Waals surface area contributed by atoms with E-state index in [1.165, 1.54) is 0 Å². The summed E-state index contributed by atoms with van der Waals surface area (Å²) >= 11 is 3.43. The molecule has 1 amide bonds. The lowest BCUT2D eigenvalue weighted by molar-refractivity contribution is -0.00235. The monoisotopic (exact) mass is 328 g/mol. The normalized spacial score (nSPS) is 18.9. The highest BCUT2D eigenvalue weighted by Gasteiger charge is 2.31. The van der Waals surface area contributed by atoms with Gasteiger partial charge in [0, 0.05) is 29.8 Å². The van der Waals surface area contributed by atoms with E-state index in [-0.39, 0.29) is 11.9 Å². The van der Waals surface area contributed by atoms with E-state index in [0.29, 0.717) is 31.6 Å². The summed E-state index contributed by atoms with van der Waals surface area (Å²) < 4.78 is 2.91. The van der Waals surface area contributed by atoms with E-state index in [9.17, 15) is 9.90 Å². The van der Waals surface area contributed by atoms with Gasteiger partial charge in [0.25, 0.3) is 5.91 Å². The summed E-state index contributed by atoms with van der Waals surface area (Å²) in [6.45, 7) is 7.19. The van der Waals surface area contributed by atoms with Crippen molar-refractivity contribution >= 4 is 21.8 Å². The van der Waals surface area contributed by atoms with Crippen LogP contribution in [0, 0.1) is 0 Å². The van der Waals surface area contributed by atoms with Crippen LogP contribution >= 0.6 is 15.9 Å². The van der Waals surface area contributed by atoms with Gasteiger partial charge in [-0.25, -0.2) is 0 Å². The number of nitrogens with zero attached hydrogens (tertiary/aromatic N) is 2. The number of aliphatic hydroxyl groups is 1. The predicted octanol–water partition coefficient (Wildman–Crippen LogP) is 2.82. The maximum Gasteiger partial charge on any atom is 0.270 e. The SMILES string of the molecule is CC(C)n1cc(Br)cc1C(=O)N1CCC(C)(O)CC1. The Balaban J connectivity index is 2.17. The molecule has 1 aromatic rings. The van der Waals surface area contributed by atoms with Crippen molar-refractivity contribution < 1.29 is 9.90 Å². The molecule has 2 heterocycles. The van der Waals surface area contributed by atoms with Crippen molar-refractivity contribution in [3.05, 3.63) is 22.4 Å². The number of carbonyl (C=O) groups excluding carboxylic acids is 1. The summed E-state index contributed by atoms with van der Waals surface area (Å²) in [6.07, 6.45) is 3.22. The van der Waals surface area contributed by atoms with Crippen LogP contribution in [0.4, 0.5) is 0 Å². The molecule has 1 aliphatic heterocycles. The molecule has 1 saturated heterocycles. The van der Waals surface area contributed by atoms with Crippen LogP contribution < -0.4 is 0 Å². The second-order valence-electron chi connectivity index (χ2n) is 5.83. The van der Waals surface area contributed by atoms with Crippen LogP contribution in [-0.4, -0.2) is 39.2 Å². The van der Waals surface area contributed by atoms with Gasteiger partial charge in [0.1, 0.15) is 5.69 Å². The largest absolute Gasteiger partial charge is 0.390 e. The number of piperidine rings is 1. The second kappa shape index (κ2) is 5.29. The zero-order chi connectivity index (χ0) is 14.2. The molecule has 1 N–H and O–H groups in total. The van der Waals surface area contributed by atoms with Gasteiger partial charge in [-0.15, -0.1) is 0 Å². The Morgan fingerprint density at radius 1 is 1.42 bits per heavy atom. The van der Waals surface area contributed by atoms with Crippen molar-refractivity contribution in [2.45, 2.75) is 45.3 Å². The lowest BCUT2D eigenvalue weighted by Crippen LogP contribution is -2.45. The Morgan fingerprint density at radius 2 is 2.00 bits per heavy atom. The summed E-state index contributed by atoms with van der Waals surface area (Å²) in [5.74, 6) is 0.0508. The van der Waals surface area contributed by atoms with Crippen LogP contribution in [0.15, 0.2) is 16.7 Å². The van der Waals surface area contributed by atoms with Gasteiger partial charge >= 0.3 is 0 Å². The van der Waals surface area contributed by atoms with E-state index in [2.05, 4.69) is 29.8 Å². The van der Waals surface area contributed by atoms with E-state index in [4.69, 9.17) is 0 Å². The molecule has 5 heteroatoms. The average molecular weight is 329 g/mol. The third kappa shape index (κ3) is 3.20. The van der Waals surface area contributed by atoms with Crippen molar-refractivity contribution in [2.75, 3.05) is 13.1 Å². The molecule has 0 aliphatic carbocycles. The molecule has 0 atom stereocenters. The first-order chi connectivity index (χ1) is 8.80. The Bertz CT molecular complexity index is 470.